The molecule has 0 fully saturated rings. The number of hydrogen-bond donors (Lipinski definition) is 2. The van der Waals surface area contributed by atoms with Crippen LogP contribution in [0.1, 0.15) is 18.4 Å². The number of rotatable bonds is 8. The van der Waals surface area contributed by atoms with E-state index >= 15 is 0 Å². The van der Waals surface area contributed by atoms with Gasteiger partial charge in [0.25, 0.3) is 0 Å². The highest BCUT2D eigenvalue weighted by molar-refractivity contribution is 7.90. The van der Waals surface area contributed by atoms with Crippen molar-refractivity contribution in [3.05, 3.63) is 60.2 Å². The lowest BCUT2D eigenvalue weighted by Crippen LogP contribution is -2.15. The largest absolute Gasteiger partial charge is 0.326 e. The summed E-state index contributed by atoms with van der Waals surface area (Å²) in [6.07, 6.45) is 1.18. The van der Waals surface area contributed by atoms with E-state index < -0.39 is 9.84 Å². The normalized spacial score (nSPS) is 11.2. The zero-order chi connectivity index (χ0) is 17.4. The fraction of sp³-hybridized carbons (Fsp3) is 0.278. The highest BCUT2D eigenvalue weighted by atomic mass is 32.2. The van der Waals surface area contributed by atoms with Crippen molar-refractivity contribution in [2.45, 2.75) is 23.5 Å². The van der Waals surface area contributed by atoms with Crippen molar-refractivity contribution in [3.8, 4) is 0 Å². The molecular weight excluding hydrogens is 324 g/mol. The van der Waals surface area contributed by atoms with E-state index in [1.165, 1.54) is 0 Å². The van der Waals surface area contributed by atoms with E-state index in [0.29, 0.717) is 22.6 Å². The molecular formula is C18H22N2O3S. The van der Waals surface area contributed by atoms with Crippen LogP contribution >= 0.6 is 0 Å². The molecule has 2 N–H and O–H groups in total. The molecule has 0 atom stereocenters. The van der Waals surface area contributed by atoms with Gasteiger partial charge in [-0.05, 0) is 49.8 Å². The maximum Gasteiger partial charge on any atom is 0.224 e. The highest BCUT2D eigenvalue weighted by Gasteiger charge is 2.15. The first-order valence-electron chi connectivity index (χ1n) is 7.82. The second kappa shape index (κ2) is 8.61. The molecule has 2 aromatic rings. The molecule has 128 valence electrons. The van der Waals surface area contributed by atoms with Crippen molar-refractivity contribution in [2.24, 2.45) is 0 Å². The number of sulfone groups is 1. The van der Waals surface area contributed by atoms with Crippen LogP contribution in [0.3, 0.4) is 0 Å². The molecule has 1 amide bonds. The molecule has 0 radical (unpaired) electrons. The molecule has 24 heavy (non-hydrogen) atoms. The maximum absolute atomic E-state index is 12.4. The second-order valence-corrected chi connectivity index (χ2v) is 7.52. The van der Waals surface area contributed by atoms with Crippen LogP contribution in [0.15, 0.2) is 59.5 Å². The standard InChI is InChI=1S/C18H22N2O3S/c1-19-12-6-11-18(21)20-16-8-5-7-15(13-16)14-24(22,23)17-9-3-2-4-10-17/h2-5,7-10,13,19H,6,11-12,14H2,1H3,(H,20,21). The Morgan fingerprint density at radius 2 is 1.79 bits per heavy atom. The van der Waals surface area contributed by atoms with Gasteiger partial charge < -0.3 is 10.6 Å². The Morgan fingerprint density at radius 1 is 1.04 bits per heavy atom. The topological polar surface area (TPSA) is 75.3 Å². The van der Waals surface area contributed by atoms with Crippen LogP contribution in [-0.2, 0) is 20.4 Å². The molecule has 0 unspecified atom stereocenters. The minimum Gasteiger partial charge on any atom is -0.326 e. The van der Waals surface area contributed by atoms with Crippen LogP contribution in [0.5, 0.6) is 0 Å². The predicted octanol–water partition coefficient (Wildman–Crippen LogP) is 2.60. The van der Waals surface area contributed by atoms with E-state index in [-0.39, 0.29) is 11.7 Å². The first kappa shape index (κ1) is 18.2. The molecule has 0 aromatic heterocycles. The van der Waals surface area contributed by atoms with Gasteiger partial charge in [0.15, 0.2) is 9.84 Å². The second-order valence-electron chi connectivity index (χ2n) is 5.53. The number of nitrogens with one attached hydrogen (secondary N) is 2. The quantitative estimate of drug-likeness (QED) is 0.721. The van der Waals surface area contributed by atoms with E-state index in [1.54, 1.807) is 54.6 Å². The Balaban J connectivity index is 2.04. The first-order valence-corrected chi connectivity index (χ1v) is 9.48. The summed E-state index contributed by atoms with van der Waals surface area (Å²) in [6.45, 7) is 0.781. The summed E-state index contributed by atoms with van der Waals surface area (Å²) in [4.78, 5) is 12.1. The van der Waals surface area contributed by atoms with Crippen molar-refractivity contribution >= 4 is 21.4 Å². The van der Waals surface area contributed by atoms with Crippen LogP contribution in [0, 0.1) is 0 Å². The van der Waals surface area contributed by atoms with E-state index in [2.05, 4.69) is 10.6 Å². The summed E-state index contributed by atoms with van der Waals surface area (Å²) in [5, 5.41) is 5.80. The highest BCUT2D eigenvalue weighted by Crippen LogP contribution is 2.18. The fourth-order valence-corrected chi connectivity index (χ4v) is 3.68. The lowest BCUT2D eigenvalue weighted by Gasteiger charge is -2.08. The van der Waals surface area contributed by atoms with Crippen molar-refractivity contribution in [1.82, 2.24) is 5.32 Å². The van der Waals surface area contributed by atoms with Crippen molar-refractivity contribution in [1.29, 1.82) is 0 Å². The predicted molar refractivity (Wildman–Crippen MR) is 95.6 cm³/mol. The van der Waals surface area contributed by atoms with Crippen molar-refractivity contribution in [2.75, 3.05) is 18.9 Å². The van der Waals surface area contributed by atoms with Crippen LogP contribution in [0.4, 0.5) is 5.69 Å². The third-order valence-electron chi connectivity index (χ3n) is 3.50. The SMILES string of the molecule is CNCCCC(=O)Nc1cccc(CS(=O)(=O)c2ccccc2)c1. The van der Waals surface area contributed by atoms with Gasteiger partial charge in [0, 0.05) is 12.1 Å². The van der Waals surface area contributed by atoms with Gasteiger partial charge in [-0.2, -0.15) is 0 Å². The number of carbonyl (C=O) groups excluding carboxylic acids is 1. The number of carbonyl (C=O) groups is 1. The Kier molecular flexibility index (Phi) is 6.52. The Hall–Kier alpha value is -2.18. The fourth-order valence-electron chi connectivity index (χ4n) is 2.32. The van der Waals surface area contributed by atoms with Gasteiger partial charge in [-0.3, -0.25) is 4.79 Å². The molecule has 0 heterocycles. The van der Waals surface area contributed by atoms with Gasteiger partial charge in [-0.15, -0.1) is 0 Å². The Morgan fingerprint density at radius 3 is 2.50 bits per heavy atom. The lowest BCUT2D eigenvalue weighted by molar-refractivity contribution is -0.116. The third kappa shape index (κ3) is 5.47. The molecule has 0 bridgehead atoms. The average molecular weight is 346 g/mol. The monoisotopic (exact) mass is 346 g/mol. The van der Waals surface area contributed by atoms with E-state index in [0.717, 1.165) is 13.0 Å². The van der Waals surface area contributed by atoms with Gasteiger partial charge >= 0.3 is 0 Å². The Labute approximate surface area is 143 Å². The van der Waals surface area contributed by atoms with Gasteiger partial charge in [0.1, 0.15) is 0 Å². The summed E-state index contributed by atoms with van der Waals surface area (Å²) in [7, 11) is -1.56. The minimum atomic E-state index is -3.40. The molecule has 2 aromatic carbocycles. The molecule has 5 nitrogen and oxygen atoms in total. The molecule has 0 saturated carbocycles. The zero-order valence-corrected chi connectivity index (χ0v) is 14.5. The summed E-state index contributed by atoms with van der Waals surface area (Å²) in [6, 6.07) is 15.3. The van der Waals surface area contributed by atoms with Crippen LogP contribution in [-0.4, -0.2) is 27.9 Å². The average Bonchev–Trinajstić information content (AvgIpc) is 2.56. The summed E-state index contributed by atoms with van der Waals surface area (Å²) < 4.78 is 24.8. The summed E-state index contributed by atoms with van der Waals surface area (Å²) >= 11 is 0. The molecule has 0 aliphatic carbocycles. The molecule has 6 heteroatoms. The Bertz CT molecular complexity index is 774. The van der Waals surface area contributed by atoms with Gasteiger partial charge in [0.05, 0.1) is 10.6 Å². The van der Waals surface area contributed by atoms with E-state index in [4.69, 9.17) is 0 Å². The van der Waals surface area contributed by atoms with Gasteiger partial charge in [-0.25, -0.2) is 8.42 Å². The number of benzene rings is 2. The van der Waals surface area contributed by atoms with Gasteiger partial charge in [0.2, 0.25) is 5.91 Å². The lowest BCUT2D eigenvalue weighted by atomic mass is 10.2. The van der Waals surface area contributed by atoms with Crippen LogP contribution < -0.4 is 10.6 Å². The first-order chi connectivity index (χ1) is 11.5. The maximum atomic E-state index is 12.4. The summed E-state index contributed by atoms with van der Waals surface area (Å²) in [5.41, 5.74) is 1.26. The smallest absolute Gasteiger partial charge is 0.224 e. The molecule has 0 aliphatic heterocycles. The zero-order valence-electron chi connectivity index (χ0n) is 13.7. The molecule has 2 rings (SSSR count). The molecule has 0 saturated heterocycles. The number of hydrogen-bond acceptors (Lipinski definition) is 4. The van der Waals surface area contributed by atoms with Crippen LogP contribution in [0.25, 0.3) is 0 Å². The third-order valence-corrected chi connectivity index (χ3v) is 5.20. The minimum absolute atomic E-state index is 0.0756. The number of anilines is 1. The molecule has 0 spiro atoms. The summed E-state index contributed by atoms with van der Waals surface area (Å²) in [5.74, 6) is -0.172. The number of amides is 1. The molecule has 0 aliphatic rings. The van der Waals surface area contributed by atoms with Crippen molar-refractivity contribution < 1.29 is 13.2 Å². The van der Waals surface area contributed by atoms with E-state index in [9.17, 15) is 13.2 Å². The van der Waals surface area contributed by atoms with Crippen LogP contribution in [0.2, 0.25) is 0 Å². The van der Waals surface area contributed by atoms with Crippen molar-refractivity contribution in [3.63, 3.8) is 0 Å². The van der Waals surface area contributed by atoms with Gasteiger partial charge in [-0.1, -0.05) is 30.3 Å². The van der Waals surface area contributed by atoms with E-state index in [1.807, 2.05) is 7.05 Å².